The predicted octanol–water partition coefficient (Wildman–Crippen LogP) is 10.1. The van der Waals surface area contributed by atoms with Gasteiger partial charge in [-0.25, -0.2) is 4.79 Å². The summed E-state index contributed by atoms with van der Waals surface area (Å²) >= 11 is 3.86. The second-order valence-electron chi connectivity index (χ2n) is 18.5. The standard InChI is InChI=1S/C49H73BrN2O8Si/c1-32(2)45(60-61)49(34(5)6,35(7)8)52(46(53)33(3)4)42-28-36(18-23-41(42)50)30-58-44-29-51(47(54)59-48(9,10)11)25-24-40(44)37-19-21-39(22-20-37)57-27-15-26-56-31-38-16-13-14-17-43(38)55-12/h13-14,16-23,28,32-35,40,44-45H,15,24-27,29-31H2,1-12,61H3. The van der Waals surface area contributed by atoms with Crippen LogP contribution in [0.3, 0.4) is 0 Å². The molecule has 4 rings (SSSR count). The molecule has 3 atom stereocenters. The first-order valence-electron chi connectivity index (χ1n) is 22.0. The van der Waals surface area contributed by atoms with Crippen molar-refractivity contribution in [2.45, 2.75) is 131 Å². The van der Waals surface area contributed by atoms with Gasteiger partial charge in [0.2, 0.25) is 5.91 Å². The monoisotopic (exact) mass is 924 g/mol. The molecule has 338 valence electrons. The summed E-state index contributed by atoms with van der Waals surface area (Å²) in [4.78, 5) is 31.7. The lowest BCUT2D eigenvalue weighted by Crippen LogP contribution is -2.68. The molecule has 3 aromatic rings. The lowest BCUT2D eigenvalue weighted by atomic mass is 9.67. The van der Waals surface area contributed by atoms with Crippen LogP contribution >= 0.6 is 15.9 Å². The van der Waals surface area contributed by atoms with E-state index in [0.29, 0.717) is 49.8 Å². The fourth-order valence-electron chi connectivity index (χ4n) is 8.89. The van der Waals surface area contributed by atoms with Crippen LogP contribution in [0.4, 0.5) is 10.5 Å². The van der Waals surface area contributed by atoms with Gasteiger partial charge in [-0.05, 0) is 102 Å². The highest BCUT2D eigenvalue weighted by atomic mass is 79.9. The van der Waals surface area contributed by atoms with Gasteiger partial charge >= 0.3 is 6.09 Å². The van der Waals surface area contributed by atoms with Crippen LogP contribution < -0.4 is 14.4 Å². The molecule has 0 bridgehead atoms. The lowest BCUT2D eigenvalue weighted by Gasteiger charge is -2.55. The highest BCUT2D eigenvalue weighted by Crippen LogP contribution is 2.46. The molecule has 0 spiro atoms. The number of amides is 2. The predicted molar refractivity (Wildman–Crippen MR) is 251 cm³/mol. The molecule has 1 aliphatic rings. The Balaban J connectivity index is 1.56. The van der Waals surface area contributed by atoms with Crippen molar-refractivity contribution in [3.63, 3.8) is 0 Å². The number of hydrogen-bond acceptors (Lipinski definition) is 8. The van der Waals surface area contributed by atoms with Crippen molar-refractivity contribution in [2.24, 2.45) is 23.7 Å². The SMILES string of the molecule is COc1ccccc1COCCCOc1ccc(C2CCN(C(=O)OC(C)(C)C)CC2OCc2ccc(Br)c(N(C(=O)C(C)C)C(C(C)C)(C(C)C)C(O[SiH3])C(C)C)c2)cc1. The van der Waals surface area contributed by atoms with Crippen LogP contribution in [-0.2, 0) is 36.6 Å². The summed E-state index contributed by atoms with van der Waals surface area (Å²) < 4.78 is 37.3. The average molecular weight is 926 g/mol. The number of benzene rings is 3. The minimum Gasteiger partial charge on any atom is -0.496 e. The zero-order valence-electron chi connectivity index (χ0n) is 39.1. The zero-order valence-corrected chi connectivity index (χ0v) is 42.7. The molecule has 2 amide bonds. The van der Waals surface area contributed by atoms with Gasteiger partial charge in [0, 0.05) is 34.8 Å². The van der Waals surface area contributed by atoms with Crippen LogP contribution in [0.2, 0.25) is 0 Å². The van der Waals surface area contributed by atoms with Crippen LogP contribution in [0, 0.1) is 23.7 Å². The van der Waals surface area contributed by atoms with E-state index in [1.165, 1.54) is 0 Å². The number of hydrogen-bond donors (Lipinski definition) is 0. The Morgan fingerprint density at radius 3 is 2.16 bits per heavy atom. The highest BCUT2D eigenvalue weighted by Gasteiger charge is 2.53. The fourth-order valence-corrected chi connectivity index (χ4v) is 10.2. The summed E-state index contributed by atoms with van der Waals surface area (Å²) in [7, 11) is 2.22. The second-order valence-corrected chi connectivity index (χ2v) is 19.8. The minimum absolute atomic E-state index is 0.0252. The topological polar surface area (TPSA) is 96.0 Å². The first-order chi connectivity index (χ1) is 28.8. The number of methoxy groups -OCH3 is 1. The fraction of sp³-hybridized carbons (Fsp3) is 0.592. The van der Waals surface area contributed by atoms with Crippen molar-refractivity contribution >= 4 is 44.1 Å². The quantitative estimate of drug-likeness (QED) is 0.0817. The second kappa shape index (κ2) is 22.8. The summed E-state index contributed by atoms with van der Waals surface area (Å²) in [5.41, 5.74) is 2.63. The number of nitrogens with zero attached hydrogens (tertiary/aromatic N) is 2. The van der Waals surface area contributed by atoms with Gasteiger partial charge in [0.1, 0.15) is 27.6 Å². The van der Waals surface area contributed by atoms with E-state index in [2.05, 4.69) is 80.6 Å². The van der Waals surface area contributed by atoms with Gasteiger partial charge in [-0.15, -0.1) is 0 Å². The molecule has 1 saturated heterocycles. The minimum atomic E-state index is -0.623. The maximum Gasteiger partial charge on any atom is 0.410 e. The van der Waals surface area contributed by atoms with Crippen molar-refractivity contribution in [1.29, 1.82) is 0 Å². The maximum atomic E-state index is 14.6. The van der Waals surface area contributed by atoms with Gasteiger partial charge in [0.25, 0.3) is 0 Å². The van der Waals surface area contributed by atoms with E-state index in [4.69, 9.17) is 28.1 Å². The smallest absolute Gasteiger partial charge is 0.410 e. The number of carbonyl (C=O) groups is 2. The molecule has 1 aliphatic heterocycles. The van der Waals surface area contributed by atoms with Gasteiger partial charge in [0.05, 0.1) is 63.5 Å². The molecule has 1 fully saturated rings. The molecule has 12 heteroatoms. The van der Waals surface area contributed by atoms with Gasteiger partial charge in [0.15, 0.2) is 0 Å². The Labute approximate surface area is 378 Å². The molecular weight excluding hydrogens is 853 g/mol. The number of halogens is 1. The number of carbonyl (C=O) groups excluding carboxylic acids is 2. The van der Waals surface area contributed by atoms with E-state index < -0.39 is 11.1 Å². The third kappa shape index (κ3) is 12.8. The highest BCUT2D eigenvalue weighted by molar-refractivity contribution is 9.10. The van der Waals surface area contributed by atoms with Crippen LogP contribution in [0.1, 0.15) is 112 Å². The molecule has 1 heterocycles. The van der Waals surface area contributed by atoms with E-state index in [1.807, 2.05) is 83.1 Å². The molecule has 0 aromatic heterocycles. The average Bonchev–Trinajstić information content (AvgIpc) is 3.21. The first kappa shape index (κ1) is 50.2. The van der Waals surface area contributed by atoms with Crippen LogP contribution in [-0.4, -0.2) is 84.1 Å². The summed E-state index contributed by atoms with van der Waals surface area (Å²) in [5.74, 6) is 1.80. The van der Waals surface area contributed by atoms with Crippen molar-refractivity contribution in [1.82, 2.24) is 4.90 Å². The third-order valence-electron chi connectivity index (χ3n) is 11.7. The number of para-hydroxylation sites is 1. The number of ether oxygens (including phenoxy) is 5. The maximum absolute atomic E-state index is 14.6. The molecule has 61 heavy (non-hydrogen) atoms. The van der Waals surface area contributed by atoms with Crippen molar-refractivity contribution in [3.05, 3.63) is 87.9 Å². The molecule has 3 aromatic carbocycles. The van der Waals surface area contributed by atoms with Gasteiger partial charge in [-0.1, -0.05) is 91.8 Å². The van der Waals surface area contributed by atoms with Crippen LogP contribution in [0.15, 0.2) is 71.2 Å². The van der Waals surface area contributed by atoms with E-state index in [9.17, 15) is 9.59 Å². The van der Waals surface area contributed by atoms with Crippen molar-refractivity contribution in [3.8, 4) is 11.5 Å². The molecular formula is C49H73BrN2O8Si. The third-order valence-corrected chi connectivity index (χ3v) is 12.8. The summed E-state index contributed by atoms with van der Waals surface area (Å²) in [6, 6.07) is 22.2. The Morgan fingerprint density at radius 2 is 1.57 bits per heavy atom. The lowest BCUT2D eigenvalue weighted by molar-refractivity contribution is -0.125. The number of rotatable bonds is 20. The normalized spacial score (nSPS) is 16.7. The van der Waals surface area contributed by atoms with E-state index in [1.54, 1.807) is 12.0 Å². The zero-order chi connectivity index (χ0) is 45.1. The van der Waals surface area contributed by atoms with Gasteiger partial charge in [-0.2, -0.15) is 0 Å². The van der Waals surface area contributed by atoms with Crippen molar-refractivity contribution in [2.75, 3.05) is 38.3 Å². The Morgan fingerprint density at radius 1 is 0.902 bits per heavy atom. The number of piperidine rings is 1. The van der Waals surface area contributed by atoms with E-state index in [0.717, 1.165) is 44.8 Å². The van der Waals surface area contributed by atoms with Crippen LogP contribution in [0.5, 0.6) is 11.5 Å². The Hall–Kier alpha value is -3.42. The van der Waals surface area contributed by atoms with Gasteiger partial charge < -0.3 is 37.9 Å². The van der Waals surface area contributed by atoms with Crippen molar-refractivity contribution < 1.29 is 37.7 Å². The Bertz CT molecular complexity index is 1840. The molecule has 0 radical (unpaired) electrons. The summed E-state index contributed by atoms with van der Waals surface area (Å²) in [6.07, 6.45) is 0.625. The first-order valence-corrected chi connectivity index (χ1v) is 23.6. The summed E-state index contributed by atoms with van der Waals surface area (Å²) in [6.45, 7) is 25.6. The largest absolute Gasteiger partial charge is 0.496 e. The molecule has 0 saturated carbocycles. The number of anilines is 1. The van der Waals surface area contributed by atoms with E-state index in [-0.39, 0.29) is 60.4 Å². The summed E-state index contributed by atoms with van der Waals surface area (Å²) in [5, 5.41) is 0. The molecule has 0 aliphatic carbocycles. The molecule has 0 N–H and O–H groups in total. The van der Waals surface area contributed by atoms with Gasteiger partial charge in [-0.3, -0.25) is 4.79 Å². The number of likely N-dealkylation sites (tertiary alicyclic amines) is 1. The molecule has 10 nitrogen and oxygen atoms in total. The molecule has 3 unspecified atom stereocenters. The van der Waals surface area contributed by atoms with E-state index >= 15 is 0 Å². The van der Waals surface area contributed by atoms with Crippen LogP contribution in [0.25, 0.3) is 0 Å². The Kier molecular flexibility index (Phi) is 18.8.